The quantitative estimate of drug-likeness (QED) is 0.255. The third-order valence-corrected chi connectivity index (χ3v) is 4.27. The second-order valence-electron chi connectivity index (χ2n) is 6.71. The molecule has 0 spiro atoms. The lowest BCUT2D eigenvalue weighted by atomic mass is 10.0. The van der Waals surface area contributed by atoms with Crippen molar-refractivity contribution in [1.82, 2.24) is 20.6 Å². The molecule has 2 rings (SSSR count). The second kappa shape index (κ2) is 10.7. The van der Waals surface area contributed by atoms with E-state index >= 15 is 0 Å². The molecule has 1 heterocycles. The van der Waals surface area contributed by atoms with Gasteiger partial charge in [0.1, 0.15) is 12.1 Å². The van der Waals surface area contributed by atoms with Crippen molar-refractivity contribution in [1.29, 1.82) is 0 Å². The summed E-state index contributed by atoms with van der Waals surface area (Å²) < 4.78 is 0. The first-order valence-corrected chi connectivity index (χ1v) is 9.15. The molecule has 11 heteroatoms. The molecule has 11 nitrogen and oxygen atoms in total. The van der Waals surface area contributed by atoms with Crippen molar-refractivity contribution in [3.05, 3.63) is 54.1 Å². The fourth-order valence-corrected chi connectivity index (χ4v) is 2.74. The molecule has 1 aromatic heterocycles. The molecule has 0 saturated carbocycles. The van der Waals surface area contributed by atoms with Crippen LogP contribution in [0.25, 0.3) is 0 Å². The van der Waals surface area contributed by atoms with Crippen LogP contribution in [0.1, 0.15) is 17.7 Å². The topological polar surface area (TPSA) is 193 Å². The first-order chi connectivity index (χ1) is 14.3. The van der Waals surface area contributed by atoms with Gasteiger partial charge in [0.15, 0.2) is 0 Å². The average molecular weight is 416 g/mol. The molecule has 8 N–H and O–H groups in total. The highest BCUT2D eigenvalue weighted by atomic mass is 16.4. The number of carbonyl (C=O) groups is 4. The second-order valence-corrected chi connectivity index (χ2v) is 6.71. The fraction of sp³-hybridized carbons (Fsp3) is 0.316. The van der Waals surface area contributed by atoms with E-state index in [1.165, 1.54) is 12.5 Å². The summed E-state index contributed by atoms with van der Waals surface area (Å²) in [4.78, 5) is 54.3. The molecule has 30 heavy (non-hydrogen) atoms. The summed E-state index contributed by atoms with van der Waals surface area (Å²) in [6.45, 7) is 0. The Hall–Kier alpha value is -3.73. The van der Waals surface area contributed by atoms with Crippen molar-refractivity contribution >= 4 is 23.7 Å². The molecule has 0 fully saturated rings. The molecule has 0 bridgehead atoms. The Morgan fingerprint density at radius 2 is 1.70 bits per heavy atom. The molecule has 0 unspecified atom stereocenters. The molecular formula is C19H24N6O5. The smallest absolute Gasteiger partial charge is 0.326 e. The van der Waals surface area contributed by atoms with Gasteiger partial charge < -0.3 is 32.2 Å². The van der Waals surface area contributed by atoms with Gasteiger partial charge >= 0.3 is 5.97 Å². The zero-order valence-electron chi connectivity index (χ0n) is 16.1. The summed E-state index contributed by atoms with van der Waals surface area (Å²) in [6, 6.07) is 5.53. The Morgan fingerprint density at radius 3 is 2.27 bits per heavy atom. The Kier molecular flexibility index (Phi) is 8.06. The van der Waals surface area contributed by atoms with Gasteiger partial charge in [0.25, 0.3) is 0 Å². The van der Waals surface area contributed by atoms with E-state index in [9.17, 15) is 24.3 Å². The van der Waals surface area contributed by atoms with Crippen LogP contribution in [0.4, 0.5) is 0 Å². The van der Waals surface area contributed by atoms with Gasteiger partial charge in [-0.05, 0) is 12.0 Å². The minimum Gasteiger partial charge on any atom is -0.480 e. The minimum atomic E-state index is -1.52. The maximum Gasteiger partial charge on any atom is 0.326 e. The Labute approximate surface area is 172 Å². The lowest BCUT2D eigenvalue weighted by molar-refractivity contribution is -0.143. The zero-order valence-corrected chi connectivity index (χ0v) is 16.1. The van der Waals surface area contributed by atoms with E-state index < -0.39 is 48.2 Å². The summed E-state index contributed by atoms with van der Waals surface area (Å²) in [6.07, 6.45) is 2.55. The number of aromatic amines is 1. The summed E-state index contributed by atoms with van der Waals surface area (Å²) in [7, 11) is 0. The number of aromatic nitrogens is 2. The highest BCUT2D eigenvalue weighted by molar-refractivity contribution is 5.93. The molecule has 3 amide bonds. The van der Waals surface area contributed by atoms with Crippen LogP contribution in [-0.4, -0.2) is 56.9 Å². The number of benzene rings is 1. The highest BCUT2D eigenvalue weighted by Crippen LogP contribution is 2.05. The highest BCUT2D eigenvalue weighted by Gasteiger charge is 2.29. The number of H-pyrrole nitrogens is 1. The molecule has 0 saturated heterocycles. The van der Waals surface area contributed by atoms with Crippen molar-refractivity contribution in [2.24, 2.45) is 11.5 Å². The van der Waals surface area contributed by atoms with Gasteiger partial charge in [0.2, 0.25) is 17.7 Å². The largest absolute Gasteiger partial charge is 0.480 e. The molecule has 0 aliphatic heterocycles. The fourth-order valence-electron chi connectivity index (χ4n) is 2.74. The predicted molar refractivity (Wildman–Crippen MR) is 106 cm³/mol. The number of carbonyl (C=O) groups excluding carboxylic acids is 3. The van der Waals surface area contributed by atoms with E-state index in [4.69, 9.17) is 11.5 Å². The van der Waals surface area contributed by atoms with Gasteiger partial charge in [-0.2, -0.15) is 0 Å². The molecule has 2 aromatic rings. The molecular weight excluding hydrogens is 392 g/mol. The van der Waals surface area contributed by atoms with Crippen molar-refractivity contribution in [2.75, 3.05) is 0 Å². The number of nitrogens with zero attached hydrogens (tertiary/aromatic N) is 1. The molecule has 160 valence electrons. The number of carboxylic acid groups (broad SMARTS) is 1. The number of nitrogens with two attached hydrogens (primary N) is 2. The number of imidazole rings is 1. The van der Waals surface area contributed by atoms with E-state index in [0.29, 0.717) is 5.69 Å². The molecule has 0 aliphatic carbocycles. The number of hydrogen-bond donors (Lipinski definition) is 6. The standard InChI is InChI=1S/C19H24N6O5/c20-13(6-11-4-2-1-3-5-11)17(27)24-14(7-12-9-22-10-23-12)18(28)25-15(19(29)30)8-16(21)26/h1-5,9-10,13-15H,6-8,20H2,(H2,21,26)(H,22,23)(H,24,27)(H,25,28)(H,29,30)/t13-,14-,15-/m0/s1. The van der Waals surface area contributed by atoms with Crippen LogP contribution < -0.4 is 22.1 Å². The zero-order chi connectivity index (χ0) is 22.1. The van der Waals surface area contributed by atoms with Crippen LogP contribution in [0.15, 0.2) is 42.9 Å². The summed E-state index contributed by atoms with van der Waals surface area (Å²) in [5, 5.41) is 14.0. The van der Waals surface area contributed by atoms with Crippen LogP contribution in [0.5, 0.6) is 0 Å². The van der Waals surface area contributed by atoms with Crippen molar-refractivity contribution in [2.45, 2.75) is 37.4 Å². The Morgan fingerprint density at radius 1 is 1.03 bits per heavy atom. The SMILES string of the molecule is NC(=O)C[C@H](NC(=O)[C@H](Cc1cnc[nH]1)NC(=O)[C@@H](N)Cc1ccccc1)C(=O)O. The number of hydrogen-bond acceptors (Lipinski definition) is 6. The summed E-state index contributed by atoms with van der Waals surface area (Å²) >= 11 is 0. The van der Waals surface area contributed by atoms with E-state index in [0.717, 1.165) is 5.56 Å². The lowest BCUT2D eigenvalue weighted by Gasteiger charge is -2.22. The number of rotatable bonds is 11. The Bertz CT molecular complexity index is 871. The van der Waals surface area contributed by atoms with Crippen LogP contribution in [0.2, 0.25) is 0 Å². The van der Waals surface area contributed by atoms with Gasteiger partial charge in [-0.1, -0.05) is 30.3 Å². The van der Waals surface area contributed by atoms with Gasteiger partial charge in [-0.15, -0.1) is 0 Å². The van der Waals surface area contributed by atoms with E-state index in [-0.39, 0.29) is 12.8 Å². The van der Waals surface area contributed by atoms with Gasteiger partial charge in [0, 0.05) is 18.3 Å². The number of carboxylic acids is 1. The predicted octanol–water partition coefficient (Wildman–Crippen LogP) is -1.55. The van der Waals surface area contributed by atoms with Crippen molar-refractivity contribution in [3.63, 3.8) is 0 Å². The van der Waals surface area contributed by atoms with E-state index in [1.54, 1.807) is 0 Å². The third kappa shape index (κ3) is 7.02. The third-order valence-electron chi connectivity index (χ3n) is 4.27. The van der Waals surface area contributed by atoms with Gasteiger partial charge in [-0.25, -0.2) is 9.78 Å². The van der Waals surface area contributed by atoms with Crippen LogP contribution in [-0.2, 0) is 32.0 Å². The maximum atomic E-state index is 12.7. The van der Waals surface area contributed by atoms with E-state index in [1.807, 2.05) is 30.3 Å². The molecule has 0 aliphatic rings. The Balaban J connectivity index is 2.09. The van der Waals surface area contributed by atoms with Gasteiger partial charge in [0.05, 0.1) is 18.8 Å². The van der Waals surface area contributed by atoms with Crippen LogP contribution in [0, 0.1) is 0 Å². The molecule has 1 aromatic carbocycles. The molecule has 0 radical (unpaired) electrons. The minimum absolute atomic E-state index is 0.0124. The lowest BCUT2D eigenvalue weighted by Crippen LogP contribution is -2.56. The monoisotopic (exact) mass is 416 g/mol. The first-order valence-electron chi connectivity index (χ1n) is 9.15. The number of nitrogens with one attached hydrogen (secondary N) is 3. The number of primary amides is 1. The van der Waals surface area contributed by atoms with Crippen LogP contribution >= 0.6 is 0 Å². The summed E-state index contributed by atoms with van der Waals surface area (Å²) in [5.74, 6) is -3.69. The van der Waals surface area contributed by atoms with Crippen molar-refractivity contribution in [3.8, 4) is 0 Å². The van der Waals surface area contributed by atoms with Crippen LogP contribution in [0.3, 0.4) is 0 Å². The maximum absolute atomic E-state index is 12.7. The number of aliphatic carboxylic acids is 1. The first kappa shape index (κ1) is 22.6. The number of amides is 3. The summed E-state index contributed by atoms with van der Waals surface area (Å²) in [5.41, 5.74) is 12.4. The van der Waals surface area contributed by atoms with Crippen molar-refractivity contribution < 1.29 is 24.3 Å². The normalized spacial score (nSPS) is 13.6. The average Bonchev–Trinajstić information content (AvgIpc) is 3.20. The van der Waals surface area contributed by atoms with Gasteiger partial charge in [-0.3, -0.25) is 14.4 Å². The van der Waals surface area contributed by atoms with E-state index in [2.05, 4.69) is 20.6 Å². The molecule has 3 atom stereocenters.